The summed E-state index contributed by atoms with van der Waals surface area (Å²) in [7, 11) is 0. The third-order valence-corrected chi connectivity index (χ3v) is 3.57. The summed E-state index contributed by atoms with van der Waals surface area (Å²) in [6, 6.07) is 11.2. The first-order chi connectivity index (χ1) is 10.2. The first-order valence-corrected chi connectivity index (χ1v) is 6.95. The molecule has 0 aliphatic carbocycles. The van der Waals surface area contributed by atoms with E-state index >= 15 is 0 Å². The summed E-state index contributed by atoms with van der Waals surface area (Å²) >= 11 is 0. The van der Waals surface area contributed by atoms with Crippen LogP contribution in [0.3, 0.4) is 0 Å². The fourth-order valence-corrected chi connectivity index (χ4v) is 2.43. The third kappa shape index (κ3) is 3.26. The molecule has 0 spiro atoms. The van der Waals surface area contributed by atoms with Gasteiger partial charge < -0.3 is 15.7 Å². The Morgan fingerprint density at radius 2 is 2.05 bits per heavy atom. The van der Waals surface area contributed by atoms with Gasteiger partial charge in [0.2, 0.25) is 5.91 Å². The van der Waals surface area contributed by atoms with E-state index in [2.05, 4.69) is 15.6 Å². The van der Waals surface area contributed by atoms with Crippen LogP contribution in [0.2, 0.25) is 0 Å². The Hall–Kier alpha value is -2.24. The molecule has 5 nitrogen and oxygen atoms in total. The molecule has 1 aromatic carbocycles. The maximum Gasteiger partial charge on any atom is 0.241 e. The number of amides is 1. The maximum absolute atomic E-state index is 12.0. The minimum absolute atomic E-state index is 0.110. The van der Waals surface area contributed by atoms with Gasteiger partial charge in [0.05, 0.1) is 12.1 Å². The molecular formula is C16H17N3O2. The molecule has 1 fully saturated rings. The highest BCUT2D eigenvalue weighted by atomic mass is 16.3. The highest BCUT2D eigenvalue weighted by Crippen LogP contribution is 2.20. The van der Waals surface area contributed by atoms with Gasteiger partial charge in [-0.15, -0.1) is 0 Å². The molecule has 1 saturated heterocycles. The highest BCUT2D eigenvalue weighted by molar-refractivity contribution is 5.95. The first-order valence-electron chi connectivity index (χ1n) is 6.95. The number of hydrogen-bond donors (Lipinski definition) is 3. The number of pyridine rings is 1. The summed E-state index contributed by atoms with van der Waals surface area (Å²) in [5.74, 6) is -0.110. The Kier molecular flexibility index (Phi) is 3.94. The number of carbonyl (C=O) groups is 1. The van der Waals surface area contributed by atoms with Crippen LogP contribution in [0.4, 0.5) is 5.69 Å². The topological polar surface area (TPSA) is 74.2 Å². The molecule has 1 aliphatic rings. The molecule has 1 aromatic heterocycles. The van der Waals surface area contributed by atoms with Crippen LogP contribution in [0.5, 0.6) is 0 Å². The van der Waals surface area contributed by atoms with E-state index in [-0.39, 0.29) is 11.9 Å². The smallest absolute Gasteiger partial charge is 0.241 e. The van der Waals surface area contributed by atoms with Crippen molar-refractivity contribution in [3.63, 3.8) is 0 Å². The second kappa shape index (κ2) is 6.03. The third-order valence-electron chi connectivity index (χ3n) is 3.57. The van der Waals surface area contributed by atoms with Crippen LogP contribution in [0.15, 0.2) is 48.8 Å². The fourth-order valence-electron chi connectivity index (χ4n) is 2.43. The minimum atomic E-state index is -0.436. The van der Waals surface area contributed by atoms with Gasteiger partial charge in [-0.3, -0.25) is 9.78 Å². The van der Waals surface area contributed by atoms with E-state index in [1.54, 1.807) is 12.4 Å². The normalized spacial score (nSPS) is 21.2. The van der Waals surface area contributed by atoms with Gasteiger partial charge in [0.25, 0.3) is 0 Å². The summed E-state index contributed by atoms with van der Waals surface area (Å²) in [5.41, 5.74) is 2.84. The molecule has 21 heavy (non-hydrogen) atoms. The molecule has 1 amide bonds. The zero-order valence-corrected chi connectivity index (χ0v) is 11.5. The minimum Gasteiger partial charge on any atom is -0.392 e. The van der Waals surface area contributed by atoms with Crippen molar-refractivity contribution < 1.29 is 9.90 Å². The molecular weight excluding hydrogens is 266 g/mol. The van der Waals surface area contributed by atoms with E-state index in [4.69, 9.17) is 0 Å². The summed E-state index contributed by atoms with van der Waals surface area (Å²) in [6.07, 6.45) is 3.56. The van der Waals surface area contributed by atoms with E-state index < -0.39 is 6.10 Å². The molecule has 1 aliphatic heterocycles. The SMILES string of the molecule is O=C(Nc1ccc(-c2cccnc2)cc1)[C@H]1C[C@@H](O)CN1. The van der Waals surface area contributed by atoms with Crippen molar-refractivity contribution in [3.8, 4) is 11.1 Å². The lowest BCUT2D eigenvalue weighted by atomic mass is 10.1. The van der Waals surface area contributed by atoms with Gasteiger partial charge >= 0.3 is 0 Å². The Morgan fingerprint density at radius 3 is 2.67 bits per heavy atom. The molecule has 2 atom stereocenters. The molecule has 0 saturated carbocycles. The van der Waals surface area contributed by atoms with Gasteiger partial charge in [-0.2, -0.15) is 0 Å². The fraction of sp³-hybridized carbons (Fsp3) is 0.250. The standard InChI is InChI=1S/C16H17N3O2/c20-14-8-15(18-10-14)16(21)19-13-5-3-11(4-6-13)12-2-1-7-17-9-12/h1-7,9,14-15,18,20H,8,10H2,(H,19,21)/t14-,15-/m1/s1. The van der Waals surface area contributed by atoms with Crippen molar-refractivity contribution >= 4 is 11.6 Å². The predicted molar refractivity (Wildman–Crippen MR) is 80.7 cm³/mol. The van der Waals surface area contributed by atoms with Crippen molar-refractivity contribution in [2.45, 2.75) is 18.6 Å². The highest BCUT2D eigenvalue weighted by Gasteiger charge is 2.27. The number of anilines is 1. The average Bonchev–Trinajstić information content (AvgIpc) is 2.96. The van der Waals surface area contributed by atoms with Crippen LogP contribution >= 0.6 is 0 Å². The van der Waals surface area contributed by atoms with Crippen molar-refractivity contribution in [2.75, 3.05) is 11.9 Å². The van der Waals surface area contributed by atoms with Gasteiger partial charge in [-0.05, 0) is 35.7 Å². The van der Waals surface area contributed by atoms with Gasteiger partial charge in [0.1, 0.15) is 0 Å². The second-order valence-corrected chi connectivity index (χ2v) is 5.16. The monoisotopic (exact) mass is 283 g/mol. The van der Waals surface area contributed by atoms with Crippen LogP contribution < -0.4 is 10.6 Å². The molecule has 108 valence electrons. The largest absolute Gasteiger partial charge is 0.392 e. The lowest BCUT2D eigenvalue weighted by Gasteiger charge is -2.11. The lowest BCUT2D eigenvalue weighted by Crippen LogP contribution is -2.35. The van der Waals surface area contributed by atoms with Crippen molar-refractivity contribution in [1.82, 2.24) is 10.3 Å². The number of rotatable bonds is 3. The molecule has 0 unspecified atom stereocenters. The average molecular weight is 283 g/mol. The summed E-state index contributed by atoms with van der Waals surface area (Å²) in [4.78, 5) is 16.1. The van der Waals surface area contributed by atoms with Crippen LogP contribution in [-0.2, 0) is 4.79 Å². The molecule has 3 rings (SSSR count). The Bertz CT molecular complexity index is 613. The van der Waals surface area contributed by atoms with E-state index in [9.17, 15) is 9.90 Å². The number of carbonyl (C=O) groups excluding carboxylic acids is 1. The van der Waals surface area contributed by atoms with Gasteiger partial charge in [-0.25, -0.2) is 0 Å². The van der Waals surface area contributed by atoms with Gasteiger partial charge in [0, 0.05) is 24.6 Å². The van der Waals surface area contributed by atoms with E-state index in [1.165, 1.54) is 0 Å². The number of β-amino-alcohol motifs (C(OH)–C–C–N with tert-alkyl or cyclic N) is 1. The Labute approximate surface area is 123 Å². The number of aliphatic hydroxyl groups is 1. The van der Waals surface area contributed by atoms with E-state index in [1.807, 2.05) is 36.4 Å². The summed E-state index contributed by atoms with van der Waals surface area (Å²) < 4.78 is 0. The van der Waals surface area contributed by atoms with Crippen LogP contribution in [0.1, 0.15) is 6.42 Å². The van der Waals surface area contributed by atoms with Crippen molar-refractivity contribution in [1.29, 1.82) is 0 Å². The Morgan fingerprint density at radius 1 is 1.24 bits per heavy atom. The van der Waals surface area contributed by atoms with E-state index in [0.29, 0.717) is 13.0 Å². The van der Waals surface area contributed by atoms with Gasteiger partial charge in [0.15, 0.2) is 0 Å². The molecule has 3 N–H and O–H groups in total. The number of aliphatic hydroxyl groups excluding tert-OH is 1. The van der Waals surface area contributed by atoms with Gasteiger partial charge in [-0.1, -0.05) is 18.2 Å². The predicted octanol–water partition coefficient (Wildman–Crippen LogP) is 1.41. The quantitative estimate of drug-likeness (QED) is 0.796. The molecule has 0 radical (unpaired) electrons. The van der Waals surface area contributed by atoms with E-state index in [0.717, 1.165) is 16.8 Å². The summed E-state index contributed by atoms with van der Waals surface area (Å²) in [6.45, 7) is 0.470. The second-order valence-electron chi connectivity index (χ2n) is 5.16. The van der Waals surface area contributed by atoms with Crippen molar-refractivity contribution in [2.24, 2.45) is 0 Å². The number of aromatic nitrogens is 1. The number of benzene rings is 1. The number of nitrogens with zero attached hydrogens (tertiary/aromatic N) is 1. The van der Waals surface area contributed by atoms with Crippen LogP contribution in [-0.4, -0.2) is 34.7 Å². The zero-order valence-electron chi connectivity index (χ0n) is 11.5. The molecule has 0 bridgehead atoms. The zero-order chi connectivity index (χ0) is 14.7. The lowest BCUT2D eigenvalue weighted by molar-refractivity contribution is -0.117. The summed E-state index contributed by atoms with van der Waals surface area (Å²) in [5, 5.41) is 15.3. The number of hydrogen-bond acceptors (Lipinski definition) is 4. The van der Waals surface area contributed by atoms with Crippen molar-refractivity contribution in [3.05, 3.63) is 48.8 Å². The number of nitrogens with one attached hydrogen (secondary N) is 2. The molecule has 2 aromatic rings. The Balaban J connectivity index is 1.66. The van der Waals surface area contributed by atoms with Crippen LogP contribution in [0.25, 0.3) is 11.1 Å². The molecule has 2 heterocycles. The van der Waals surface area contributed by atoms with Crippen LogP contribution in [0, 0.1) is 0 Å². The molecule has 5 heteroatoms. The maximum atomic E-state index is 12.0. The first kappa shape index (κ1) is 13.7.